The lowest BCUT2D eigenvalue weighted by atomic mass is 10.2. The second kappa shape index (κ2) is 6.83. The van der Waals surface area contributed by atoms with Gasteiger partial charge in [0.15, 0.2) is 0 Å². The third kappa shape index (κ3) is 4.37. The Kier molecular flexibility index (Phi) is 5.73. The summed E-state index contributed by atoms with van der Waals surface area (Å²) >= 11 is 4.85. The fraction of sp³-hybridized carbons (Fsp3) is 0.400. The molecule has 1 atom stereocenters. The van der Waals surface area contributed by atoms with Crippen molar-refractivity contribution in [3.63, 3.8) is 0 Å². The Balaban J connectivity index is 2.91. The number of thiophene rings is 1. The largest absolute Gasteiger partial charge is 0.369 e. The van der Waals surface area contributed by atoms with Gasteiger partial charge in [-0.1, -0.05) is 0 Å². The number of hydrogen-bond donors (Lipinski definition) is 3. The van der Waals surface area contributed by atoms with Crippen molar-refractivity contribution in [2.45, 2.75) is 6.04 Å². The third-order valence-electron chi connectivity index (χ3n) is 2.30. The molecule has 0 saturated heterocycles. The first kappa shape index (κ1) is 15.1. The zero-order valence-electron chi connectivity index (χ0n) is 9.64. The van der Waals surface area contributed by atoms with Crippen molar-refractivity contribution in [1.29, 1.82) is 0 Å². The molecule has 1 aromatic rings. The summed E-state index contributed by atoms with van der Waals surface area (Å²) in [5, 5.41) is 0. The maximum atomic E-state index is 11.0. The number of carbonyl (C=O) groups is 2. The zero-order chi connectivity index (χ0) is 13.7. The van der Waals surface area contributed by atoms with Gasteiger partial charge in [-0.15, -0.1) is 11.3 Å². The third-order valence-corrected chi connectivity index (χ3v) is 4.03. The molecule has 0 radical (unpaired) electrons. The number of rotatable bonds is 7. The molecule has 0 aromatic carbocycles. The van der Waals surface area contributed by atoms with E-state index >= 15 is 0 Å². The van der Waals surface area contributed by atoms with Crippen LogP contribution >= 0.6 is 27.3 Å². The average Bonchev–Trinajstić information content (AvgIpc) is 2.64. The van der Waals surface area contributed by atoms with E-state index in [0.717, 1.165) is 8.66 Å². The van der Waals surface area contributed by atoms with Gasteiger partial charge < -0.3 is 17.2 Å². The van der Waals surface area contributed by atoms with Crippen LogP contribution < -0.4 is 17.2 Å². The number of primary amides is 2. The Morgan fingerprint density at radius 3 is 2.17 bits per heavy atom. The first-order valence-electron chi connectivity index (χ1n) is 5.20. The van der Waals surface area contributed by atoms with Gasteiger partial charge in [-0.2, -0.15) is 0 Å². The predicted molar refractivity (Wildman–Crippen MR) is 73.8 cm³/mol. The van der Waals surface area contributed by atoms with Crippen LogP contribution in [0, 0.1) is 0 Å². The predicted octanol–water partition coefficient (Wildman–Crippen LogP) is -0.217. The van der Waals surface area contributed by atoms with Gasteiger partial charge >= 0.3 is 0 Å². The molecule has 1 heterocycles. The second-order valence-corrected chi connectivity index (χ2v) is 6.23. The molecular weight excluding hydrogens is 320 g/mol. The molecule has 100 valence electrons. The summed E-state index contributed by atoms with van der Waals surface area (Å²) in [5.74, 6) is -1.05. The minimum absolute atomic E-state index is 0.0552. The maximum absolute atomic E-state index is 11.0. The first-order valence-corrected chi connectivity index (χ1v) is 6.81. The van der Waals surface area contributed by atoms with E-state index in [2.05, 4.69) is 15.9 Å². The van der Waals surface area contributed by atoms with Crippen molar-refractivity contribution in [2.24, 2.45) is 17.2 Å². The highest BCUT2D eigenvalue weighted by molar-refractivity contribution is 9.11. The summed E-state index contributed by atoms with van der Waals surface area (Å²) < 4.78 is 0.953. The fourth-order valence-corrected chi connectivity index (χ4v) is 3.20. The van der Waals surface area contributed by atoms with Gasteiger partial charge in [-0.05, 0) is 28.1 Å². The van der Waals surface area contributed by atoms with Crippen molar-refractivity contribution >= 4 is 39.1 Å². The van der Waals surface area contributed by atoms with E-state index in [9.17, 15) is 9.59 Å². The van der Waals surface area contributed by atoms with E-state index in [4.69, 9.17) is 17.2 Å². The number of carbonyl (C=O) groups excluding carboxylic acids is 2. The van der Waals surface area contributed by atoms with Crippen LogP contribution in [0.3, 0.4) is 0 Å². The van der Waals surface area contributed by atoms with Crippen LogP contribution in [0.4, 0.5) is 0 Å². The zero-order valence-corrected chi connectivity index (χ0v) is 12.0. The molecule has 1 unspecified atom stereocenters. The van der Waals surface area contributed by atoms with Gasteiger partial charge in [0.1, 0.15) is 0 Å². The summed E-state index contributed by atoms with van der Waals surface area (Å²) in [4.78, 5) is 24.6. The van der Waals surface area contributed by atoms with Gasteiger partial charge in [0.2, 0.25) is 11.8 Å². The number of amides is 2. The van der Waals surface area contributed by atoms with Crippen molar-refractivity contribution in [2.75, 3.05) is 19.6 Å². The molecule has 0 fully saturated rings. The topological polar surface area (TPSA) is 115 Å². The van der Waals surface area contributed by atoms with Crippen LogP contribution in [-0.4, -0.2) is 36.3 Å². The Hall–Kier alpha value is -0.960. The molecular formula is C10H15BrN4O2S. The summed E-state index contributed by atoms with van der Waals surface area (Å²) in [6.45, 7) is 0.161. The number of hydrogen-bond acceptors (Lipinski definition) is 5. The van der Waals surface area contributed by atoms with Crippen LogP contribution in [0.25, 0.3) is 0 Å². The average molecular weight is 335 g/mol. The summed E-state index contributed by atoms with van der Waals surface area (Å²) in [6.07, 6.45) is 0. The van der Waals surface area contributed by atoms with E-state index in [1.807, 2.05) is 12.1 Å². The van der Waals surface area contributed by atoms with Crippen LogP contribution in [0.15, 0.2) is 15.9 Å². The van der Waals surface area contributed by atoms with Gasteiger partial charge in [0, 0.05) is 11.4 Å². The van der Waals surface area contributed by atoms with Gasteiger partial charge in [-0.25, -0.2) is 0 Å². The first-order chi connectivity index (χ1) is 8.43. The molecule has 0 aliphatic carbocycles. The lowest BCUT2D eigenvalue weighted by Crippen LogP contribution is -2.43. The Labute approximate surface area is 117 Å². The highest BCUT2D eigenvalue weighted by atomic mass is 79.9. The Morgan fingerprint density at radius 1 is 1.28 bits per heavy atom. The molecule has 0 aliphatic heterocycles. The standard InChI is InChI=1S/C10H15BrN4O2S/c11-8-2-1-7(18-8)6(3-12)15(4-9(13)16)5-10(14)17/h1-2,6H,3-5,12H2,(H2,13,16)(H2,14,17). The van der Waals surface area contributed by atoms with Crippen molar-refractivity contribution in [3.8, 4) is 0 Å². The van der Waals surface area contributed by atoms with Gasteiger partial charge in [0.25, 0.3) is 0 Å². The van der Waals surface area contributed by atoms with Gasteiger partial charge in [0.05, 0.1) is 22.9 Å². The monoisotopic (exact) mass is 334 g/mol. The Bertz CT molecular complexity index is 421. The molecule has 6 N–H and O–H groups in total. The summed E-state index contributed by atoms with van der Waals surface area (Å²) in [6, 6.07) is 3.53. The molecule has 8 heteroatoms. The highest BCUT2D eigenvalue weighted by Gasteiger charge is 2.23. The summed E-state index contributed by atoms with van der Waals surface area (Å²) in [5.41, 5.74) is 16.0. The molecule has 0 spiro atoms. The van der Waals surface area contributed by atoms with Crippen molar-refractivity contribution in [1.82, 2.24) is 4.90 Å². The second-order valence-electron chi connectivity index (χ2n) is 3.73. The maximum Gasteiger partial charge on any atom is 0.231 e. The normalized spacial score (nSPS) is 12.6. The van der Waals surface area contributed by atoms with Crippen LogP contribution in [-0.2, 0) is 9.59 Å². The fourth-order valence-electron chi connectivity index (χ4n) is 1.63. The smallest absolute Gasteiger partial charge is 0.231 e. The lowest BCUT2D eigenvalue weighted by Gasteiger charge is -2.27. The van der Waals surface area contributed by atoms with Crippen LogP contribution in [0.1, 0.15) is 10.9 Å². The lowest BCUT2D eigenvalue weighted by molar-refractivity contribution is -0.122. The van der Waals surface area contributed by atoms with E-state index in [1.54, 1.807) is 4.90 Å². The SMILES string of the molecule is NCC(c1ccc(Br)s1)N(CC(N)=O)CC(N)=O. The van der Waals surface area contributed by atoms with Crippen LogP contribution in [0.2, 0.25) is 0 Å². The van der Waals surface area contributed by atoms with E-state index in [-0.39, 0.29) is 25.7 Å². The van der Waals surface area contributed by atoms with Gasteiger partial charge in [-0.3, -0.25) is 14.5 Å². The quantitative estimate of drug-likeness (QED) is 0.639. The molecule has 6 nitrogen and oxygen atoms in total. The molecule has 2 amide bonds. The number of halogens is 1. The van der Waals surface area contributed by atoms with E-state index < -0.39 is 11.8 Å². The molecule has 1 rings (SSSR count). The number of nitrogens with two attached hydrogens (primary N) is 3. The minimum atomic E-state index is -0.523. The van der Waals surface area contributed by atoms with Crippen molar-refractivity contribution < 1.29 is 9.59 Å². The Morgan fingerprint density at radius 2 is 1.83 bits per heavy atom. The minimum Gasteiger partial charge on any atom is -0.369 e. The number of nitrogens with zero attached hydrogens (tertiary/aromatic N) is 1. The molecule has 1 aromatic heterocycles. The molecule has 0 saturated carbocycles. The summed E-state index contributed by atoms with van der Waals surface area (Å²) in [7, 11) is 0. The molecule has 0 aliphatic rings. The molecule has 18 heavy (non-hydrogen) atoms. The highest BCUT2D eigenvalue weighted by Crippen LogP contribution is 2.30. The molecule has 0 bridgehead atoms. The van der Waals surface area contributed by atoms with E-state index in [1.165, 1.54) is 11.3 Å². The van der Waals surface area contributed by atoms with Crippen molar-refractivity contribution in [3.05, 3.63) is 20.8 Å². The van der Waals surface area contributed by atoms with Crippen LogP contribution in [0.5, 0.6) is 0 Å². The van der Waals surface area contributed by atoms with E-state index in [0.29, 0.717) is 0 Å².